The molecule has 0 fully saturated rings. The fraction of sp³-hybridized carbons (Fsp3) is 0.167. The van der Waals surface area contributed by atoms with E-state index in [1.165, 1.54) is 0 Å². The van der Waals surface area contributed by atoms with Crippen LogP contribution in [0.25, 0.3) is 16.7 Å². The van der Waals surface area contributed by atoms with Gasteiger partial charge in [-0.2, -0.15) is 0 Å². The Balaban J connectivity index is 1.56. The van der Waals surface area contributed by atoms with Crippen molar-refractivity contribution in [2.75, 3.05) is 0 Å². The number of amides is 1. The number of nitrogens with zero attached hydrogens (tertiary/aromatic N) is 5. The molecule has 3 heterocycles. The fourth-order valence-electron chi connectivity index (χ4n) is 2.64. The van der Waals surface area contributed by atoms with Crippen LogP contribution in [0.4, 0.5) is 0 Å². The number of aromatic nitrogens is 5. The number of hydrogen-bond donors (Lipinski definition) is 1. The number of carbonyl (C=O) groups excluding carboxylic acids is 1. The summed E-state index contributed by atoms with van der Waals surface area (Å²) in [5, 5.41) is 11.1. The van der Waals surface area contributed by atoms with Gasteiger partial charge in [0.05, 0.1) is 29.0 Å². The smallest absolute Gasteiger partial charge is 0.251 e. The quantitative estimate of drug-likeness (QED) is 0.622. The average molecular weight is 332 g/mol. The lowest BCUT2D eigenvalue weighted by atomic mass is 10.1. The first-order valence-electron chi connectivity index (χ1n) is 7.93. The predicted octanol–water partition coefficient (Wildman–Crippen LogP) is 2.22. The summed E-state index contributed by atoms with van der Waals surface area (Å²) < 4.78 is 1.85. The second-order valence-corrected chi connectivity index (χ2v) is 5.83. The first kappa shape index (κ1) is 15.2. The molecule has 0 saturated heterocycles. The van der Waals surface area contributed by atoms with E-state index in [1.54, 1.807) is 12.1 Å². The second kappa shape index (κ2) is 5.94. The van der Waals surface area contributed by atoms with Crippen LogP contribution in [-0.2, 0) is 6.54 Å². The Morgan fingerprint density at radius 3 is 2.68 bits per heavy atom. The van der Waals surface area contributed by atoms with Crippen molar-refractivity contribution in [2.24, 2.45) is 0 Å². The summed E-state index contributed by atoms with van der Waals surface area (Å²) in [7, 11) is 0. The van der Waals surface area contributed by atoms with Crippen molar-refractivity contribution >= 4 is 22.6 Å². The van der Waals surface area contributed by atoms with Crippen molar-refractivity contribution in [3.8, 4) is 0 Å². The molecule has 4 aromatic rings. The van der Waals surface area contributed by atoms with Crippen LogP contribution in [0.15, 0.2) is 42.6 Å². The van der Waals surface area contributed by atoms with E-state index in [-0.39, 0.29) is 5.91 Å². The van der Waals surface area contributed by atoms with Gasteiger partial charge in [-0.25, -0.2) is 9.97 Å². The Morgan fingerprint density at radius 1 is 1.04 bits per heavy atom. The molecule has 0 bridgehead atoms. The molecule has 124 valence electrons. The average Bonchev–Trinajstić information content (AvgIpc) is 3.03. The van der Waals surface area contributed by atoms with E-state index in [1.807, 2.05) is 48.7 Å². The van der Waals surface area contributed by atoms with E-state index >= 15 is 0 Å². The van der Waals surface area contributed by atoms with Crippen LogP contribution in [0.1, 0.15) is 27.6 Å². The Morgan fingerprint density at radius 2 is 1.84 bits per heavy atom. The van der Waals surface area contributed by atoms with Crippen molar-refractivity contribution in [3.63, 3.8) is 0 Å². The highest BCUT2D eigenvalue weighted by molar-refractivity contribution is 5.97. The molecule has 25 heavy (non-hydrogen) atoms. The number of aryl methyl sites for hydroxylation is 2. The lowest BCUT2D eigenvalue weighted by molar-refractivity contribution is 0.0950. The first-order chi connectivity index (χ1) is 12.1. The summed E-state index contributed by atoms with van der Waals surface area (Å²) in [4.78, 5) is 21.4. The molecule has 0 radical (unpaired) electrons. The second-order valence-electron chi connectivity index (χ2n) is 5.83. The summed E-state index contributed by atoms with van der Waals surface area (Å²) in [5.41, 5.74) is 4.53. The lowest BCUT2D eigenvalue weighted by Crippen LogP contribution is -2.24. The van der Waals surface area contributed by atoms with Gasteiger partial charge >= 0.3 is 0 Å². The topological polar surface area (TPSA) is 85.1 Å². The zero-order valence-electron chi connectivity index (χ0n) is 13.9. The van der Waals surface area contributed by atoms with Crippen LogP contribution in [0, 0.1) is 13.8 Å². The van der Waals surface area contributed by atoms with E-state index in [9.17, 15) is 4.79 Å². The summed E-state index contributed by atoms with van der Waals surface area (Å²) >= 11 is 0. The highest BCUT2D eigenvalue weighted by atomic mass is 16.1. The molecule has 7 heteroatoms. The Labute approximate surface area is 143 Å². The van der Waals surface area contributed by atoms with Gasteiger partial charge in [0.15, 0.2) is 11.5 Å². The molecule has 3 aromatic heterocycles. The van der Waals surface area contributed by atoms with E-state index in [2.05, 4.69) is 25.5 Å². The van der Waals surface area contributed by atoms with Gasteiger partial charge in [-0.3, -0.25) is 9.20 Å². The summed E-state index contributed by atoms with van der Waals surface area (Å²) in [6.45, 7) is 4.12. The zero-order chi connectivity index (χ0) is 17.4. The van der Waals surface area contributed by atoms with Crippen LogP contribution in [0.5, 0.6) is 0 Å². The van der Waals surface area contributed by atoms with Crippen molar-refractivity contribution in [1.82, 2.24) is 29.9 Å². The standard InChI is InChI=1S/C18H16N6O/c1-11-12(2)21-15-9-13(6-7-14(15)20-11)18(25)19-10-17-23-22-16-5-3-4-8-24(16)17/h3-9H,10H2,1-2H3,(H,19,25). The van der Waals surface area contributed by atoms with Gasteiger partial charge in [0.25, 0.3) is 5.91 Å². The molecule has 0 spiro atoms. The van der Waals surface area contributed by atoms with Gasteiger partial charge < -0.3 is 5.32 Å². The molecular weight excluding hydrogens is 316 g/mol. The Kier molecular flexibility index (Phi) is 3.61. The van der Waals surface area contributed by atoms with Crippen LogP contribution < -0.4 is 5.32 Å². The largest absolute Gasteiger partial charge is 0.345 e. The normalized spacial score (nSPS) is 11.1. The highest BCUT2D eigenvalue weighted by Gasteiger charge is 2.11. The monoisotopic (exact) mass is 332 g/mol. The maximum absolute atomic E-state index is 12.5. The minimum Gasteiger partial charge on any atom is -0.345 e. The molecular formula is C18H16N6O. The van der Waals surface area contributed by atoms with Gasteiger partial charge in [-0.15, -0.1) is 10.2 Å². The third kappa shape index (κ3) is 2.80. The van der Waals surface area contributed by atoms with Gasteiger partial charge in [0.2, 0.25) is 0 Å². The van der Waals surface area contributed by atoms with Crippen molar-refractivity contribution in [2.45, 2.75) is 20.4 Å². The number of hydrogen-bond acceptors (Lipinski definition) is 5. The number of fused-ring (bicyclic) bond motifs is 2. The number of rotatable bonds is 3. The molecule has 1 N–H and O–H groups in total. The van der Waals surface area contributed by atoms with Crippen LogP contribution in [-0.4, -0.2) is 30.5 Å². The number of carbonyl (C=O) groups is 1. The molecule has 0 atom stereocenters. The third-order valence-corrected chi connectivity index (χ3v) is 4.13. The molecule has 7 nitrogen and oxygen atoms in total. The minimum atomic E-state index is -0.186. The molecule has 1 amide bonds. The molecule has 0 unspecified atom stereocenters. The highest BCUT2D eigenvalue weighted by Crippen LogP contribution is 2.14. The van der Waals surface area contributed by atoms with E-state index in [4.69, 9.17) is 0 Å². The molecule has 4 rings (SSSR count). The van der Waals surface area contributed by atoms with Crippen LogP contribution in [0.2, 0.25) is 0 Å². The zero-order valence-corrected chi connectivity index (χ0v) is 13.9. The molecule has 0 aliphatic rings. The Bertz CT molecular complexity index is 1100. The van der Waals surface area contributed by atoms with Gasteiger partial charge in [-0.05, 0) is 44.2 Å². The lowest BCUT2D eigenvalue weighted by Gasteiger charge is -2.06. The van der Waals surface area contributed by atoms with E-state index in [0.29, 0.717) is 23.4 Å². The number of nitrogens with one attached hydrogen (secondary N) is 1. The molecule has 0 aliphatic heterocycles. The fourth-order valence-corrected chi connectivity index (χ4v) is 2.64. The van der Waals surface area contributed by atoms with Gasteiger partial charge in [0, 0.05) is 11.8 Å². The first-order valence-corrected chi connectivity index (χ1v) is 7.93. The van der Waals surface area contributed by atoms with Crippen molar-refractivity contribution < 1.29 is 4.79 Å². The maximum Gasteiger partial charge on any atom is 0.251 e. The van der Waals surface area contributed by atoms with Crippen molar-refractivity contribution in [1.29, 1.82) is 0 Å². The van der Waals surface area contributed by atoms with Crippen molar-refractivity contribution in [3.05, 3.63) is 65.4 Å². The van der Waals surface area contributed by atoms with Gasteiger partial charge in [-0.1, -0.05) is 6.07 Å². The van der Waals surface area contributed by atoms with Crippen LogP contribution in [0.3, 0.4) is 0 Å². The molecule has 1 aromatic carbocycles. The third-order valence-electron chi connectivity index (χ3n) is 4.13. The SMILES string of the molecule is Cc1nc2ccc(C(=O)NCc3nnc4ccccn34)cc2nc1C. The number of benzene rings is 1. The molecule has 0 aliphatic carbocycles. The predicted molar refractivity (Wildman–Crippen MR) is 93.2 cm³/mol. The number of pyridine rings is 1. The Hall–Kier alpha value is -3.35. The summed E-state index contributed by atoms with van der Waals surface area (Å²) in [5.74, 6) is 0.491. The molecule has 0 saturated carbocycles. The van der Waals surface area contributed by atoms with Gasteiger partial charge in [0.1, 0.15) is 0 Å². The van der Waals surface area contributed by atoms with Crippen LogP contribution >= 0.6 is 0 Å². The van der Waals surface area contributed by atoms with E-state index < -0.39 is 0 Å². The minimum absolute atomic E-state index is 0.186. The summed E-state index contributed by atoms with van der Waals surface area (Å²) in [6, 6.07) is 11.0. The van der Waals surface area contributed by atoms with E-state index in [0.717, 1.165) is 22.6 Å². The maximum atomic E-state index is 12.5. The summed E-state index contributed by atoms with van der Waals surface area (Å²) in [6.07, 6.45) is 1.87.